The molecule has 1 aliphatic rings. The zero-order chi connectivity index (χ0) is 16.5. The number of carboxylic acid groups (broad SMARTS) is 1. The van der Waals surface area contributed by atoms with Gasteiger partial charge in [-0.2, -0.15) is 13.2 Å². The third kappa shape index (κ3) is 3.32. The fourth-order valence-corrected chi connectivity index (χ4v) is 2.81. The second-order valence-corrected chi connectivity index (χ2v) is 5.29. The van der Waals surface area contributed by atoms with Gasteiger partial charge < -0.3 is 19.9 Å². The lowest BCUT2D eigenvalue weighted by atomic mass is 9.80. The molecule has 0 radical (unpaired) electrons. The molecule has 4 nitrogen and oxygen atoms in total. The van der Waals surface area contributed by atoms with E-state index in [0.29, 0.717) is 0 Å². The number of alkyl halides is 3. The molecule has 1 N–H and O–H groups in total. The fraction of sp³-hybridized carbons (Fsp3) is 0.500. The number of halogens is 4. The topological polar surface area (TPSA) is 63.6 Å². The monoisotopic (exact) mass is 320 g/mol. The highest BCUT2D eigenvalue weighted by Crippen LogP contribution is 2.37. The number of hydrogen-bond donors (Lipinski definition) is 1. The number of amides is 1. The van der Waals surface area contributed by atoms with Crippen LogP contribution in [0.4, 0.5) is 22.4 Å². The van der Waals surface area contributed by atoms with Crippen molar-refractivity contribution < 1.29 is 32.6 Å². The van der Waals surface area contributed by atoms with E-state index in [0.717, 1.165) is 17.0 Å². The number of likely N-dealkylation sites (tertiary alicyclic amines) is 1. The maximum absolute atomic E-state index is 13.3. The number of carbonyl (C=O) groups is 1. The minimum Gasteiger partial charge on any atom is -0.530 e. The average molecular weight is 320 g/mol. The Balaban J connectivity index is 2.29. The molecule has 1 fully saturated rings. The molecular weight excluding hydrogens is 306 g/mol. The molecule has 22 heavy (non-hydrogen) atoms. The quantitative estimate of drug-likeness (QED) is 0.842. The molecule has 122 valence electrons. The van der Waals surface area contributed by atoms with Gasteiger partial charge in [-0.25, -0.2) is 4.39 Å². The van der Waals surface area contributed by atoms with Crippen LogP contribution in [0.3, 0.4) is 0 Å². The third-order valence-electron chi connectivity index (χ3n) is 3.95. The Morgan fingerprint density at radius 1 is 1.41 bits per heavy atom. The van der Waals surface area contributed by atoms with Gasteiger partial charge >= 0.3 is 6.18 Å². The first-order chi connectivity index (χ1) is 10.2. The van der Waals surface area contributed by atoms with Crippen molar-refractivity contribution in [3.8, 4) is 0 Å². The van der Waals surface area contributed by atoms with Gasteiger partial charge in [-0.05, 0) is 30.0 Å². The van der Waals surface area contributed by atoms with Gasteiger partial charge in [-0.3, -0.25) is 0 Å². The summed E-state index contributed by atoms with van der Waals surface area (Å²) in [5.41, 5.74) is -1.12. The second-order valence-electron chi connectivity index (χ2n) is 5.29. The van der Waals surface area contributed by atoms with Crippen molar-refractivity contribution in [1.82, 2.24) is 4.90 Å². The van der Waals surface area contributed by atoms with Crippen LogP contribution < -0.4 is 5.11 Å². The van der Waals surface area contributed by atoms with E-state index in [9.17, 15) is 32.6 Å². The summed E-state index contributed by atoms with van der Waals surface area (Å²) < 4.78 is 51.6. The van der Waals surface area contributed by atoms with Crippen LogP contribution in [0.5, 0.6) is 0 Å². The molecule has 1 heterocycles. The van der Waals surface area contributed by atoms with Crippen molar-refractivity contribution in [2.24, 2.45) is 5.92 Å². The molecule has 1 amide bonds. The highest BCUT2D eigenvalue weighted by Gasteiger charge is 2.36. The number of piperidine rings is 1. The van der Waals surface area contributed by atoms with Gasteiger partial charge in [-0.15, -0.1) is 0 Å². The van der Waals surface area contributed by atoms with E-state index in [4.69, 9.17) is 0 Å². The van der Waals surface area contributed by atoms with E-state index < -0.39 is 35.5 Å². The smallest absolute Gasteiger partial charge is 0.419 e. The maximum Gasteiger partial charge on any atom is 0.419 e. The van der Waals surface area contributed by atoms with E-state index in [-0.39, 0.29) is 31.7 Å². The average Bonchev–Trinajstić information content (AvgIpc) is 2.45. The Labute approximate surface area is 124 Å². The van der Waals surface area contributed by atoms with E-state index in [2.05, 4.69) is 0 Å². The van der Waals surface area contributed by atoms with Crippen LogP contribution in [0.1, 0.15) is 23.5 Å². The van der Waals surface area contributed by atoms with Crippen LogP contribution >= 0.6 is 0 Å². The zero-order valence-electron chi connectivity index (χ0n) is 11.4. The summed E-state index contributed by atoms with van der Waals surface area (Å²) >= 11 is 0. The molecular formula is C14H14F4NO3-. The summed E-state index contributed by atoms with van der Waals surface area (Å²) in [5, 5.41) is 20.2. The maximum atomic E-state index is 13.3. The van der Waals surface area contributed by atoms with Crippen molar-refractivity contribution in [2.45, 2.75) is 18.5 Å². The molecule has 1 aromatic rings. The molecule has 1 aliphatic heterocycles. The zero-order valence-corrected chi connectivity index (χ0v) is 11.4. The number of rotatable bonds is 2. The van der Waals surface area contributed by atoms with E-state index in [1.165, 1.54) is 6.07 Å². The molecule has 2 unspecified atom stereocenters. The largest absolute Gasteiger partial charge is 0.530 e. The summed E-state index contributed by atoms with van der Waals surface area (Å²) in [4.78, 5) is 11.8. The number of carbonyl (C=O) groups excluding carboxylic acids is 1. The molecule has 0 saturated carbocycles. The molecule has 8 heteroatoms. The van der Waals surface area contributed by atoms with Gasteiger partial charge in [0, 0.05) is 25.6 Å². The van der Waals surface area contributed by atoms with Gasteiger partial charge in [0.2, 0.25) is 0 Å². The predicted molar refractivity (Wildman–Crippen MR) is 66.3 cm³/mol. The van der Waals surface area contributed by atoms with Crippen LogP contribution in [0.15, 0.2) is 18.2 Å². The predicted octanol–water partition coefficient (Wildman–Crippen LogP) is 1.59. The highest BCUT2D eigenvalue weighted by atomic mass is 19.4. The molecule has 2 atom stereocenters. The molecule has 0 spiro atoms. The summed E-state index contributed by atoms with van der Waals surface area (Å²) in [6.07, 6.45) is -5.95. The summed E-state index contributed by atoms with van der Waals surface area (Å²) in [6.45, 7) is -0.308. The Kier molecular flexibility index (Phi) is 4.60. The van der Waals surface area contributed by atoms with Crippen LogP contribution in [-0.2, 0) is 6.18 Å². The van der Waals surface area contributed by atoms with Gasteiger partial charge in [0.15, 0.2) is 0 Å². The first-order valence-electron chi connectivity index (χ1n) is 6.67. The van der Waals surface area contributed by atoms with E-state index >= 15 is 0 Å². The molecule has 0 aromatic heterocycles. The number of benzene rings is 1. The molecule has 1 saturated heterocycles. The van der Waals surface area contributed by atoms with Crippen LogP contribution in [0.25, 0.3) is 0 Å². The first kappa shape index (κ1) is 16.5. The standard InChI is InChI=1S/C14H15F4NO3/c15-12-2-1-8(5-11(12)14(16,17)18)10-3-4-19(13(21)22)6-9(10)7-20/h1-2,5,9-10,20H,3-4,6-7H2,(H,21,22)/p-1. The Bertz CT molecular complexity index is 562. The van der Waals surface area contributed by atoms with Gasteiger partial charge in [0.05, 0.1) is 5.56 Å². The lowest BCUT2D eigenvalue weighted by molar-refractivity contribution is -0.267. The van der Waals surface area contributed by atoms with Crippen molar-refractivity contribution in [3.05, 3.63) is 35.1 Å². The lowest BCUT2D eigenvalue weighted by Gasteiger charge is -2.39. The normalized spacial score (nSPS) is 22.7. The third-order valence-corrected chi connectivity index (χ3v) is 3.95. The number of aliphatic hydroxyl groups is 1. The summed E-state index contributed by atoms with van der Waals surface area (Å²) in [5.74, 6) is -2.38. The van der Waals surface area contributed by atoms with Crippen LogP contribution in [0.2, 0.25) is 0 Å². The minimum atomic E-state index is -4.81. The highest BCUT2D eigenvalue weighted by molar-refractivity contribution is 5.62. The number of nitrogens with zero attached hydrogens (tertiary/aromatic N) is 1. The minimum absolute atomic E-state index is 0.0256. The van der Waals surface area contributed by atoms with Gasteiger partial charge in [0.1, 0.15) is 11.9 Å². The molecule has 2 rings (SSSR count). The Morgan fingerprint density at radius 2 is 2.09 bits per heavy atom. The van der Waals surface area contributed by atoms with Crippen molar-refractivity contribution >= 4 is 6.09 Å². The Morgan fingerprint density at radius 3 is 2.64 bits per heavy atom. The number of aliphatic hydroxyl groups excluding tert-OH is 1. The van der Waals surface area contributed by atoms with E-state index in [1.54, 1.807) is 0 Å². The van der Waals surface area contributed by atoms with Crippen molar-refractivity contribution in [3.63, 3.8) is 0 Å². The van der Waals surface area contributed by atoms with Gasteiger partial charge in [-0.1, -0.05) is 6.07 Å². The lowest BCUT2D eigenvalue weighted by Crippen LogP contribution is -2.49. The summed E-state index contributed by atoms with van der Waals surface area (Å²) in [7, 11) is 0. The number of hydrogen-bond acceptors (Lipinski definition) is 3. The van der Waals surface area contributed by atoms with Crippen LogP contribution in [-0.4, -0.2) is 35.8 Å². The van der Waals surface area contributed by atoms with Crippen LogP contribution in [0, 0.1) is 11.7 Å². The first-order valence-corrected chi connectivity index (χ1v) is 6.67. The summed E-state index contributed by atoms with van der Waals surface area (Å²) in [6, 6.07) is 2.72. The Hall–Kier alpha value is -1.83. The molecule has 0 bridgehead atoms. The molecule has 1 aromatic carbocycles. The van der Waals surface area contributed by atoms with E-state index in [1.807, 2.05) is 0 Å². The van der Waals surface area contributed by atoms with Gasteiger partial charge in [0.25, 0.3) is 0 Å². The fourth-order valence-electron chi connectivity index (χ4n) is 2.81. The SMILES string of the molecule is O=C([O-])N1CCC(c2ccc(F)c(C(F)(F)F)c2)C(CO)C1. The molecule has 0 aliphatic carbocycles. The van der Waals surface area contributed by atoms with Crippen molar-refractivity contribution in [1.29, 1.82) is 0 Å². The second kappa shape index (κ2) is 6.12. The van der Waals surface area contributed by atoms with Crippen molar-refractivity contribution in [2.75, 3.05) is 19.7 Å².